The van der Waals surface area contributed by atoms with Crippen LogP contribution in [0.1, 0.15) is 13.8 Å². The number of fused-ring (bicyclic) bond motifs is 1. The molecule has 25 heavy (non-hydrogen) atoms. The fourth-order valence-corrected chi connectivity index (χ4v) is 2.68. The number of morpholine rings is 1. The van der Waals surface area contributed by atoms with E-state index in [1.54, 1.807) is 14.2 Å². The van der Waals surface area contributed by atoms with Crippen molar-refractivity contribution in [3.05, 3.63) is 24.3 Å². The Morgan fingerprint density at radius 1 is 1.08 bits per heavy atom. The summed E-state index contributed by atoms with van der Waals surface area (Å²) in [5.41, 5.74) is 0.746. The number of pyridine rings is 1. The molecule has 2 aromatic rings. The smallest absolute Gasteiger partial charge is 0.217 e. The van der Waals surface area contributed by atoms with Crippen molar-refractivity contribution in [3.63, 3.8) is 0 Å². The van der Waals surface area contributed by atoms with Crippen molar-refractivity contribution in [2.24, 2.45) is 0 Å². The van der Waals surface area contributed by atoms with Gasteiger partial charge in [-0.25, -0.2) is 4.98 Å². The molecule has 0 amide bonds. The van der Waals surface area contributed by atoms with Gasteiger partial charge in [0.2, 0.25) is 5.88 Å². The summed E-state index contributed by atoms with van der Waals surface area (Å²) in [5, 5.41) is 0.910. The maximum Gasteiger partial charge on any atom is 0.217 e. The van der Waals surface area contributed by atoms with Crippen molar-refractivity contribution in [3.8, 4) is 17.4 Å². The molecular formula is C19H28N2O4. The van der Waals surface area contributed by atoms with Crippen LogP contribution in [0.15, 0.2) is 24.3 Å². The van der Waals surface area contributed by atoms with Crippen LogP contribution < -0.4 is 14.2 Å². The zero-order chi connectivity index (χ0) is 18.1. The molecule has 0 radical (unpaired) electrons. The Hall–Kier alpha value is -2.05. The Morgan fingerprint density at radius 3 is 2.48 bits per heavy atom. The number of methoxy groups -OCH3 is 2. The number of hydrogen-bond acceptors (Lipinski definition) is 6. The van der Waals surface area contributed by atoms with E-state index in [4.69, 9.17) is 18.9 Å². The summed E-state index contributed by atoms with van der Waals surface area (Å²) in [5.74, 6) is 1.99. The normalized spacial score (nSPS) is 14.6. The van der Waals surface area contributed by atoms with Gasteiger partial charge in [-0.05, 0) is 12.1 Å². The Balaban J connectivity index is 0.00000109. The van der Waals surface area contributed by atoms with Gasteiger partial charge in [0, 0.05) is 31.1 Å². The first kappa shape index (κ1) is 19.3. The number of ether oxygens (including phenoxy) is 4. The molecule has 6 nitrogen and oxygen atoms in total. The Bertz CT molecular complexity index is 657. The molecule has 0 saturated carbocycles. The highest BCUT2D eigenvalue weighted by Crippen LogP contribution is 2.33. The van der Waals surface area contributed by atoms with Crippen LogP contribution in [-0.4, -0.2) is 63.6 Å². The zero-order valence-corrected chi connectivity index (χ0v) is 15.6. The van der Waals surface area contributed by atoms with E-state index in [0.717, 1.165) is 49.5 Å². The van der Waals surface area contributed by atoms with E-state index >= 15 is 0 Å². The van der Waals surface area contributed by atoms with E-state index in [1.165, 1.54) is 0 Å². The van der Waals surface area contributed by atoms with E-state index in [2.05, 4.69) is 9.88 Å². The van der Waals surface area contributed by atoms with Gasteiger partial charge in [0.1, 0.15) is 23.6 Å². The number of nitrogens with zero attached hydrogens (tertiary/aromatic N) is 2. The third-order valence-electron chi connectivity index (χ3n) is 3.94. The second-order valence-corrected chi connectivity index (χ2v) is 5.32. The van der Waals surface area contributed by atoms with Crippen molar-refractivity contribution < 1.29 is 18.9 Å². The minimum Gasteiger partial charge on any atom is -0.496 e. The number of para-hydroxylation sites is 1. The van der Waals surface area contributed by atoms with Crippen molar-refractivity contribution in [1.82, 2.24) is 9.88 Å². The Morgan fingerprint density at radius 2 is 1.80 bits per heavy atom. The maximum absolute atomic E-state index is 5.83. The van der Waals surface area contributed by atoms with Gasteiger partial charge in [0.15, 0.2) is 0 Å². The summed E-state index contributed by atoms with van der Waals surface area (Å²) in [6, 6.07) is 7.58. The van der Waals surface area contributed by atoms with Crippen LogP contribution in [-0.2, 0) is 4.74 Å². The van der Waals surface area contributed by atoms with E-state index in [-0.39, 0.29) is 0 Å². The minimum absolute atomic E-state index is 0.548. The van der Waals surface area contributed by atoms with E-state index < -0.39 is 0 Å². The third kappa shape index (κ3) is 4.96. The average molecular weight is 348 g/mol. The van der Waals surface area contributed by atoms with Gasteiger partial charge in [-0.15, -0.1) is 0 Å². The summed E-state index contributed by atoms with van der Waals surface area (Å²) < 4.78 is 22.0. The van der Waals surface area contributed by atoms with Gasteiger partial charge in [-0.2, -0.15) is 0 Å². The van der Waals surface area contributed by atoms with Gasteiger partial charge < -0.3 is 18.9 Å². The summed E-state index contributed by atoms with van der Waals surface area (Å²) >= 11 is 0. The number of benzene rings is 1. The lowest BCUT2D eigenvalue weighted by Crippen LogP contribution is -2.38. The molecule has 3 rings (SSSR count). The standard InChI is InChI=1S/C17H22N2O4.C2H6/c1-20-14-5-3-4-13-15(21-2)12-16(18-17(13)14)23-11-8-19-6-9-22-10-7-19;1-2/h3-5,12H,6-11H2,1-2H3;1-2H3. The number of aromatic nitrogens is 1. The number of rotatable bonds is 6. The lowest BCUT2D eigenvalue weighted by atomic mass is 10.2. The highest BCUT2D eigenvalue weighted by atomic mass is 16.5. The molecule has 0 bridgehead atoms. The van der Waals surface area contributed by atoms with Crippen LogP contribution in [0.4, 0.5) is 0 Å². The van der Waals surface area contributed by atoms with Crippen molar-refractivity contribution in [2.45, 2.75) is 13.8 Å². The zero-order valence-electron chi connectivity index (χ0n) is 15.6. The average Bonchev–Trinajstić information content (AvgIpc) is 2.69. The molecule has 1 aromatic carbocycles. The fourth-order valence-electron chi connectivity index (χ4n) is 2.68. The van der Waals surface area contributed by atoms with Crippen LogP contribution in [0.2, 0.25) is 0 Å². The first-order valence-electron chi connectivity index (χ1n) is 8.76. The van der Waals surface area contributed by atoms with Gasteiger partial charge >= 0.3 is 0 Å². The molecule has 1 aliphatic heterocycles. The SMILES string of the molecule is CC.COc1cc(OCCN2CCOCC2)nc2c(OC)cccc12. The van der Waals surface area contributed by atoms with Crippen LogP contribution in [0.5, 0.6) is 17.4 Å². The molecule has 1 aromatic heterocycles. The van der Waals surface area contributed by atoms with E-state index in [9.17, 15) is 0 Å². The summed E-state index contributed by atoms with van der Waals surface area (Å²) in [6.45, 7) is 8.92. The van der Waals surface area contributed by atoms with Gasteiger partial charge in [0.25, 0.3) is 0 Å². The lowest BCUT2D eigenvalue weighted by Gasteiger charge is -2.26. The van der Waals surface area contributed by atoms with Crippen LogP contribution in [0.3, 0.4) is 0 Å². The Kier molecular flexibility index (Phi) is 7.76. The summed E-state index contributed by atoms with van der Waals surface area (Å²) in [7, 11) is 3.28. The van der Waals surface area contributed by atoms with Crippen LogP contribution in [0.25, 0.3) is 10.9 Å². The first-order valence-corrected chi connectivity index (χ1v) is 8.76. The molecule has 0 unspecified atom stereocenters. The second-order valence-electron chi connectivity index (χ2n) is 5.32. The predicted octanol–water partition coefficient (Wildman–Crippen LogP) is 2.99. The molecule has 6 heteroatoms. The third-order valence-corrected chi connectivity index (χ3v) is 3.94. The molecule has 1 fully saturated rings. The van der Waals surface area contributed by atoms with Crippen LogP contribution >= 0.6 is 0 Å². The Labute approximate surface area is 149 Å². The predicted molar refractivity (Wildman–Crippen MR) is 98.9 cm³/mol. The van der Waals surface area contributed by atoms with E-state index in [0.29, 0.717) is 18.2 Å². The highest BCUT2D eigenvalue weighted by Gasteiger charge is 2.13. The molecule has 0 N–H and O–H groups in total. The molecule has 0 spiro atoms. The molecule has 1 saturated heterocycles. The topological polar surface area (TPSA) is 53.1 Å². The van der Waals surface area contributed by atoms with Gasteiger partial charge in [-0.3, -0.25) is 4.90 Å². The first-order chi connectivity index (χ1) is 12.3. The fraction of sp³-hybridized carbons (Fsp3) is 0.526. The molecule has 0 aliphatic carbocycles. The quantitative estimate of drug-likeness (QED) is 0.800. The van der Waals surface area contributed by atoms with Crippen LogP contribution in [0, 0.1) is 0 Å². The van der Waals surface area contributed by atoms with Crippen molar-refractivity contribution in [2.75, 3.05) is 53.7 Å². The lowest BCUT2D eigenvalue weighted by molar-refractivity contribution is 0.0320. The largest absolute Gasteiger partial charge is 0.496 e. The van der Waals surface area contributed by atoms with Gasteiger partial charge in [0.05, 0.1) is 27.4 Å². The molecule has 0 atom stereocenters. The summed E-state index contributed by atoms with van der Waals surface area (Å²) in [4.78, 5) is 6.89. The number of hydrogen-bond donors (Lipinski definition) is 0. The van der Waals surface area contributed by atoms with Crippen molar-refractivity contribution in [1.29, 1.82) is 0 Å². The highest BCUT2D eigenvalue weighted by molar-refractivity contribution is 5.90. The molecule has 2 heterocycles. The summed E-state index contributed by atoms with van der Waals surface area (Å²) in [6.07, 6.45) is 0. The second kappa shape index (κ2) is 10.1. The van der Waals surface area contributed by atoms with Crippen molar-refractivity contribution >= 4 is 10.9 Å². The monoisotopic (exact) mass is 348 g/mol. The minimum atomic E-state index is 0.548. The van der Waals surface area contributed by atoms with E-state index in [1.807, 2.05) is 38.1 Å². The molecular weight excluding hydrogens is 320 g/mol. The molecule has 138 valence electrons. The molecule has 1 aliphatic rings. The maximum atomic E-state index is 5.83. The van der Waals surface area contributed by atoms with Gasteiger partial charge in [-0.1, -0.05) is 19.9 Å².